The van der Waals surface area contributed by atoms with E-state index in [1.54, 1.807) is 0 Å². The normalized spacial score (nSPS) is 44.3. The molecule has 2 aliphatic rings. The van der Waals surface area contributed by atoms with Gasteiger partial charge in [-0.3, -0.25) is 4.79 Å². The third-order valence-corrected chi connectivity index (χ3v) is 5.34. The number of hydrogen-bond acceptors (Lipinski definition) is 12. The van der Waals surface area contributed by atoms with Gasteiger partial charge in [0.05, 0.1) is 18.7 Å². The molecule has 170 valence electrons. The highest BCUT2D eigenvalue weighted by atomic mass is 16.7. The van der Waals surface area contributed by atoms with Crippen LogP contribution in [0.15, 0.2) is 0 Å². The van der Waals surface area contributed by atoms with Gasteiger partial charge in [-0.25, -0.2) is 0 Å². The lowest BCUT2D eigenvalue weighted by molar-refractivity contribution is -0.294. The van der Waals surface area contributed by atoms with Gasteiger partial charge in [0.25, 0.3) is 0 Å². The van der Waals surface area contributed by atoms with Crippen molar-refractivity contribution in [2.24, 2.45) is 17.2 Å². The number of carbonyl (C=O) groups excluding carboxylic acids is 1. The molecule has 10 unspecified atom stereocenters. The average molecular weight is 424 g/mol. The molecule has 1 aliphatic carbocycles. The van der Waals surface area contributed by atoms with E-state index in [1.807, 2.05) is 0 Å². The smallest absolute Gasteiger partial charge is 0.249 e. The maximum Gasteiger partial charge on any atom is 0.249 e. The van der Waals surface area contributed by atoms with E-state index in [1.165, 1.54) is 0 Å². The Balaban J connectivity index is 2.02. The number of aliphatic hydroxyl groups is 6. The molecule has 0 spiro atoms. The first kappa shape index (κ1) is 24.3. The summed E-state index contributed by atoms with van der Waals surface area (Å²) >= 11 is 0. The Morgan fingerprint density at radius 3 is 2.38 bits per heavy atom. The van der Waals surface area contributed by atoms with Crippen molar-refractivity contribution in [2.75, 3.05) is 13.2 Å². The van der Waals surface area contributed by atoms with Crippen molar-refractivity contribution in [2.45, 2.75) is 80.0 Å². The topological polar surface area (TPSA) is 247 Å². The van der Waals surface area contributed by atoms with Crippen molar-refractivity contribution in [1.29, 1.82) is 0 Å². The van der Waals surface area contributed by atoms with Gasteiger partial charge in [0, 0.05) is 6.04 Å². The Hall–Kier alpha value is -0.970. The largest absolute Gasteiger partial charge is 0.394 e. The first-order chi connectivity index (χ1) is 13.6. The third-order valence-electron chi connectivity index (χ3n) is 5.34. The van der Waals surface area contributed by atoms with E-state index in [0.717, 1.165) is 0 Å². The average Bonchev–Trinajstić information content (AvgIpc) is 2.69. The van der Waals surface area contributed by atoms with E-state index in [-0.39, 0.29) is 19.4 Å². The zero-order chi connectivity index (χ0) is 21.9. The van der Waals surface area contributed by atoms with Crippen LogP contribution >= 0.6 is 0 Å². The molecule has 11 atom stereocenters. The van der Waals surface area contributed by atoms with Crippen molar-refractivity contribution in [1.82, 2.24) is 5.32 Å². The second-order valence-electron chi connectivity index (χ2n) is 7.47. The van der Waals surface area contributed by atoms with Crippen molar-refractivity contribution >= 4 is 5.91 Å². The Morgan fingerprint density at radius 1 is 1.14 bits per heavy atom. The number of carbonyl (C=O) groups is 1. The Labute approximate surface area is 167 Å². The van der Waals surface area contributed by atoms with E-state index in [2.05, 4.69) is 5.32 Å². The van der Waals surface area contributed by atoms with Crippen LogP contribution in [0.25, 0.3) is 0 Å². The van der Waals surface area contributed by atoms with E-state index >= 15 is 0 Å². The van der Waals surface area contributed by atoms with Gasteiger partial charge in [0.1, 0.15) is 42.7 Å². The molecule has 0 radical (unpaired) electrons. The highest BCUT2D eigenvalue weighted by Gasteiger charge is 2.48. The predicted molar refractivity (Wildman–Crippen MR) is 96.8 cm³/mol. The lowest BCUT2D eigenvalue weighted by Gasteiger charge is -2.46. The van der Waals surface area contributed by atoms with Crippen LogP contribution in [0.3, 0.4) is 0 Å². The van der Waals surface area contributed by atoms with Crippen LogP contribution in [-0.2, 0) is 14.3 Å². The summed E-state index contributed by atoms with van der Waals surface area (Å²) in [5.74, 6) is -0.751. The van der Waals surface area contributed by atoms with Crippen LogP contribution < -0.4 is 22.5 Å². The molecular weight excluding hydrogens is 392 g/mol. The molecule has 0 aromatic heterocycles. The maximum absolute atomic E-state index is 11.9. The number of hydrogen-bond donors (Lipinski definition) is 10. The first-order valence-corrected chi connectivity index (χ1v) is 9.46. The lowest BCUT2D eigenvalue weighted by atomic mass is 9.84. The molecule has 0 aromatic rings. The number of ether oxygens (including phenoxy) is 2. The highest BCUT2D eigenvalue weighted by Crippen LogP contribution is 2.27. The summed E-state index contributed by atoms with van der Waals surface area (Å²) in [5.41, 5.74) is 17.1. The SMILES string of the molecule is NCC[C@H](O)C(=O)NC1CC(N)C(OC2OC(CO)C(O)C(O)C2N)C(O)C1O. The fraction of sp³-hybridized carbons (Fsp3) is 0.938. The summed E-state index contributed by atoms with van der Waals surface area (Å²) in [7, 11) is 0. The second-order valence-corrected chi connectivity index (χ2v) is 7.47. The van der Waals surface area contributed by atoms with Crippen LogP contribution in [0.2, 0.25) is 0 Å². The van der Waals surface area contributed by atoms with Gasteiger partial charge in [0.15, 0.2) is 6.29 Å². The fourth-order valence-electron chi connectivity index (χ4n) is 3.53. The molecule has 13 N–H and O–H groups in total. The van der Waals surface area contributed by atoms with Gasteiger partial charge < -0.3 is 62.6 Å². The summed E-state index contributed by atoms with van der Waals surface area (Å²) in [4.78, 5) is 11.9. The third kappa shape index (κ3) is 5.39. The monoisotopic (exact) mass is 424 g/mol. The van der Waals surface area contributed by atoms with E-state index in [0.29, 0.717) is 0 Å². The Kier molecular flexibility index (Phi) is 8.69. The molecule has 13 heteroatoms. The highest BCUT2D eigenvalue weighted by molar-refractivity contribution is 5.80. The number of nitrogens with one attached hydrogen (secondary N) is 1. The number of rotatable bonds is 7. The van der Waals surface area contributed by atoms with Crippen LogP contribution in [0.1, 0.15) is 12.8 Å². The van der Waals surface area contributed by atoms with Crippen LogP contribution in [0.4, 0.5) is 0 Å². The fourth-order valence-corrected chi connectivity index (χ4v) is 3.53. The predicted octanol–water partition coefficient (Wildman–Crippen LogP) is -6.21. The zero-order valence-corrected chi connectivity index (χ0v) is 15.8. The van der Waals surface area contributed by atoms with Crippen molar-refractivity contribution in [3.8, 4) is 0 Å². The summed E-state index contributed by atoms with van der Waals surface area (Å²) in [6.45, 7) is -0.511. The molecular formula is C16H32N4O9. The molecule has 13 nitrogen and oxygen atoms in total. The molecule has 2 rings (SSSR count). The van der Waals surface area contributed by atoms with Crippen molar-refractivity contribution < 1.29 is 44.9 Å². The van der Waals surface area contributed by atoms with Crippen LogP contribution in [-0.4, -0.2) is 117 Å². The lowest BCUT2D eigenvalue weighted by Crippen LogP contribution is -2.68. The van der Waals surface area contributed by atoms with Gasteiger partial charge >= 0.3 is 0 Å². The van der Waals surface area contributed by atoms with E-state index < -0.39 is 79.7 Å². The van der Waals surface area contributed by atoms with Crippen LogP contribution in [0, 0.1) is 0 Å². The molecule has 0 bridgehead atoms. The van der Waals surface area contributed by atoms with E-state index in [4.69, 9.17) is 26.7 Å². The Bertz CT molecular complexity index is 543. The maximum atomic E-state index is 11.9. The standard InChI is InChI=1S/C16H32N4O9/c17-2-1-7(22)15(27)20-6-3-5(18)14(13(26)10(6)23)29-16-9(19)12(25)11(24)8(4-21)28-16/h5-14,16,21-26H,1-4,17-19H2,(H,20,27)/t5?,6?,7-,8?,9?,10?,11?,12?,13?,14?,16?/m0/s1. The minimum atomic E-state index is -1.55. The number of aliphatic hydroxyl groups excluding tert-OH is 6. The number of nitrogens with two attached hydrogens (primary N) is 3. The molecule has 1 amide bonds. The summed E-state index contributed by atoms with van der Waals surface area (Å²) in [5, 5.41) is 62.0. The quantitative estimate of drug-likeness (QED) is 0.183. The number of amides is 1. The minimum absolute atomic E-state index is 0.000539. The van der Waals surface area contributed by atoms with Gasteiger partial charge in [-0.2, -0.15) is 0 Å². The van der Waals surface area contributed by atoms with Gasteiger partial charge in [0.2, 0.25) is 5.91 Å². The first-order valence-electron chi connectivity index (χ1n) is 9.46. The molecule has 1 aliphatic heterocycles. The van der Waals surface area contributed by atoms with Gasteiger partial charge in [-0.1, -0.05) is 0 Å². The minimum Gasteiger partial charge on any atom is -0.394 e. The molecule has 2 fully saturated rings. The van der Waals surface area contributed by atoms with E-state index in [9.17, 15) is 35.4 Å². The zero-order valence-electron chi connectivity index (χ0n) is 15.8. The van der Waals surface area contributed by atoms with Gasteiger partial charge in [-0.05, 0) is 19.4 Å². The Morgan fingerprint density at radius 2 is 1.79 bits per heavy atom. The van der Waals surface area contributed by atoms with Crippen LogP contribution in [0.5, 0.6) is 0 Å². The molecule has 1 saturated carbocycles. The van der Waals surface area contributed by atoms with Gasteiger partial charge in [-0.15, -0.1) is 0 Å². The summed E-state index contributed by atoms with van der Waals surface area (Å²) in [6, 6.07) is -3.02. The summed E-state index contributed by atoms with van der Waals surface area (Å²) < 4.78 is 10.9. The molecule has 0 aromatic carbocycles. The van der Waals surface area contributed by atoms with Crippen molar-refractivity contribution in [3.05, 3.63) is 0 Å². The second kappa shape index (κ2) is 10.4. The van der Waals surface area contributed by atoms with Crippen molar-refractivity contribution in [3.63, 3.8) is 0 Å². The molecule has 1 heterocycles. The molecule has 1 saturated heterocycles. The summed E-state index contributed by atoms with van der Waals surface area (Å²) in [6.07, 6.45) is -10.9. The molecule has 29 heavy (non-hydrogen) atoms.